The number of carbonyl (C=O) groups excluding carboxylic acids is 1. The summed E-state index contributed by atoms with van der Waals surface area (Å²) in [5, 5.41) is 1.25. The Bertz CT molecular complexity index is 2170. The summed E-state index contributed by atoms with van der Waals surface area (Å²) in [6.45, 7) is 9.54. The number of aromatic nitrogens is 3. The number of carbonyl (C=O) groups is 1. The highest BCUT2D eigenvalue weighted by atomic mass is 19.1. The van der Waals surface area contributed by atoms with Crippen LogP contribution in [-0.2, 0) is 9.47 Å². The van der Waals surface area contributed by atoms with Gasteiger partial charge in [0.05, 0.1) is 29.6 Å². The summed E-state index contributed by atoms with van der Waals surface area (Å²) >= 11 is 0. The van der Waals surface area contributed by atoms with Crippen LogP contribution in [0.5, 0.6) is 11.8 Å². The number of halogens is 2. The fourth-order valence-electron chi connectivity index (χ4n) is 8.02. The minimum atomic E-state index is -0.738. The van der Waals surface area contributed by atoms with E-state index in [2.05, 4.69) is 37.8 Å². The molecule has 2 saturated heterocycles. The van der Waals surface area contributed by atoms with E-state index < -0.39 is 17.2 Å². The molecular weight excluding hydrogens is 694 g/mol. The summed E-state index contributed by atoms with van der Waals surface area (Å²) in [5.41, 5.74) is -0.499. The maximum Gasteiger partial charge on any atom is 0.410 e. The van der Waals surface area contributed by atoms with Crippen LogP contribution in [0.4, 0.5) is 19.4 Å². The van der Waals surface area contributed by atoms with Crippen molar-refractivity contribution in [2.45, 2.75) is 64.1 Å². The predicted octanol–water partition coefficient (Wildman–Crippen LogP) is 6.71. The van der Waals surface area contributed by atoms with Gasteiger partial charge >= 0.3 is 12.1 Å². The summed E-state index contributed by atoms with van der Waals surface area (Å²) < 4.78 is 55.4. The quantitative estimate of drug-likeness (QED) is 0.0992. The maximum absolute atomic E-state index is 17.3. The van der Waals surface area contributed by atoms with Crippen molar-refractivity contribution >= 4 is 33.6 Å². The summed E-state index contributed by atoms with van der Waals surface area (Å²) in [6, 6.07) is 5.93. The molecule has 2 bridgehead atoms. The van der Waals surface area contributed by atoms with E-state index in [1.54, 1.807) is 24.4 Å². The number of pyridine rings is 1. The van der Waals surface area contributed by atoms with Gasteiger partial charge in [-0.15, -0.1) is 6.42 Å². The summed E-state index contributed by atoms with van der Waals surface area (Å²) in [5.74, 6) is 1.93. The number of fused-ring (bicyclic) bond motifs is 4. The van der Waals surface area contributed by atoms with E-state index in [4.69, 9.17) is 30.4 Å². The molecule has 2 unspecified atom stereocenters. The first-order valence-corrected chi connectivity index (χ1v) is 18.4. The van der Waals surface area contributed by atoms with Crippen LogP contribution >= 0.6 is 0 Å². The molecule has 54 heavy (non-hydrogen) atoms. The summed E-state index contributed by atoms with van der Waals surface area (Å²) in [6.07, 6.45) is 15.0. The van der Waals surface area contributed by atoms with Crippen molar-refractivity contribution in [3.8, 4) is 35.4 Å². The molecule has 2 aromatic heterocycles. The Morgan fingerprint density at radius 1 is 1.06 bits per heavy atom. The van der Waals surface area contributed by atoms with Crippen molar-refractivity contribution in [3.63, 3.8) is 0 Å². The number of hydrogen-bond donors (Lipinski definition) is 0. The average molecular weight is 739 g/mol. The molecule has 0 spiro atoms. The molecule has 4 aromatic rings. The first kappa shape index (κ1) is 35.9. The largest absolute Gasteiger partial charge is 0.468 e. The lowest BCUT2D eigenvalue weighted by Gasteiger charge is -2.42. The molecule has 8 rings (SSSR count). The Labute approximate surface area is 313 Å². The van der Waals surface area contributed by atoms with E-state index in [1.165, 1.54) is 13.2 Å². The zero-order valence-electron chi connectivity index (χ0n) is 31.0. The second kappa shape index (κ2) is 14.0. The fraction of sp³-hybridized carbons (Fsp3) is 0.463. The third-order valence-corrected chi connectivity index (χ3v) is 10.7. The number of methoxy groups -OCH3 is 1. The Morgan fingerprint density at radius 2 is 1.80 bits per heavy atom. The molecule has 2 atom stereocenters. The zero-order chi connectivity index (χ0) is 37.8. The molecule has 13 heteroatoms. The number of terminal acetylenes is 1. The van der Waals surface area contributed by atoms with Gasteiger partial charge in [-0.25, -0.2) is 13.6 Å². The van der Waals surface area contributed by atoms with E-state index in [9.17, 15) is 4.79 Å². The van der Waals surface area contributed by atoms with Crippen LogP contribution in [0.25, 0.3) is 32.9 Å². The van der Waals surface area contributed by atoms with Crippen LogP contribution in [0.1, 0.15) is 52.0 Å². The van der Waals surface area contributed by atoms with Gasteiger partial charge in [-0.3, -0.25) is 14.8 Å². The number of hydrogen-bond acceptors (Lipinski definition) is 10. The van der Waals surface area contributed by atoms with Crippen molar-refractivity contribution in [1.82, 2.24) is 24.8 Å². The summed E-state index contributed by atoms with van der Waals surface area (Å²) in [7, 11) is 1.49. The number of nitrogens with zero attached hydrogens (tertiary/aromatic N) is 6. The molecule has 5 heterocycles. The highest BCUT2D eigenvalue weighted by Crippen LogP contribution is 2.47. The van der Waals surface area contributed by atoms with E-state index in [0.29, 0.717) is 47.4 Å². The van der Waals surface area contributed by atoms with Crippen molar-refractivity contribution in [3.05, 3.63) is 59.8 Å². The topological polar surface area (TPSA) is 102 Å². The molecule has 4 aliphatic rings. The molecule has 0 radical (unpaired) electrons. The molecular formula is C41H44F2N6O5. The van der Waals surface area contributed by atoms with Crippen LogP contribution in [0.15, 0.2) is 42.6 Å². The molecule has 1 amide bonds. The fourth-order valence-corrected chi connectivity index (χ4v) is 8.02. The maximum atomic E-state index is 17.3. The summed E-state index contributed by atoms with van der Waals surface area (Å²) in [4.78, 5) is 33.8. The SMILES string of the molecule is C#Cc1c(F)ccc2cc(OCOC)cc(-c3ncc4c(N5CC6CCC(C5)N6C(=O)OC(C)(C)C)nc(OCC5(CN6CC=CC6)CC5)nc4c3F)c12. The van der Waals surface area contributed by atoms with Gasteiger partial charge in [-0.2, -0.15) is 9.97 Å². The van der Waals surface area contributed by atoms with Gasteiger partial charge in [0.15, 0.2) is 12.6 Å². The van der Waals surface area contributed by atoms with Gasteiger partial charge in [-0.05, 0) is 70.0 Å². The Hall–Kier alpha value is -5.06. The van der Waals surface area contributed by atoms with Crippen LogP contribution < -0.4 is 14.4 Å². The normalized spacial score (nSPS) is 20.5. The van der Waals surface area contributed by atoms with Gasteiger partial charge in [0.1, 0.15) is 34.2 Å². The molecule has 282 valence electrons. The smallest absolute Gasteiger partial charge is 0.410 e. The van der Waals surface area contributed by atoms with Gasteiger partial charge in [0, 0.05) is 62.4 Å². The third-order valence-electron chi connectivity index (χ3n) is 10.7. The van der Waals surface area contributed by atoms with E-state index in [0.717, 1.165) is 45.3 Å². The van der Waals surface area contributed by atoms with Gasteiger partial charge < -0.3 is 23.8 Å². The number of piperazine rings is 1. The van der Waals surface area contributed by atoms with Gasteiger partial charge in [0.2, 0.25) is 0 Å². The lowest BCUT2D eigenvalue weighted by molar-refractivity contribution is 0.0122. The molecule has 11 nitrogen and oxygen atoms in total. The van der Waals surface area contributed by atoms with Crippen molar-refractivity contribution in [2.75, 3.05) is 58.1 Å². The van der Waals surface area contributed by atoms with E-state index in [-0.39, 0.29) is 58.7 Å². The van der Waals surface area contributed by atoms with Crippen LogP contribution in [-0.4, -0.2) is 102 Å². The molecule has 3 fully saturated rings. The van der Waals surface area contributed by atoms with Crippen molar-refractivity contribution < 1.29 is 32.5 Å². The standard InChI is InChI=1S/C41H44F2N6O5/c1-6-29-32(42)12-9-25-17-28(53-24-51-5)18-30(33(25)29)35-34(43)36-31(19-44-35)37(46-38(45-36)52-23-41(13-14-41)22-47-15-7-8-16-47)48-20-26-10-11-27(21-48)49(26)39(50)54-40(2,3)4/h1,7-9,12,17-19,26-27H,10-11,13-16,20-24H2,2-5H3. The lowest BCUT2D eigenvalue weighted by atomic mass is 9.95. The van der Waals surface area contributed by atoms with Gasteiger partial charge in [-0.1, -0.05) is 24.1 Å². The minimum absolute atomic E-state index is 0.00512. The number of benzene rings is 2. The molecule has 0 N–H and O–H groups in total. The molecule has 2 aromatic carbocycles. The zero-order valence-corrected chi connectivity index (χ0v) is 31.0. The average Bonchev–Trinajstić information content (AvgIpc) is 3.60. The van der Waals surface area contributed by atoms with Crippen LogP contribution in [0.2, 0.25) is 0 Å². The Balaban J connectivity index is 1.21. The highest BCUT2D eigenvalue weighted by Gasteiger charge is 2.46. The first-order chi connectivity index (χ1) is 26.0. The van der Waals surface area contributed by atoms with Crippen LogP contribution in [0, 0.1) is 29.4 Å². The highest BCUT2D eigenvalue weighted by molar-refractivity contribution is 6.03. The number of amides is 1. The third kappa shape index (κ3) is 6.89. The Kier molecular flexibility index (Phi) is 9.30. The second-order valence-electron chi connectivity index (χ2n) is 15.8. The molecule has 3 aliphatic heterocycles. The van der Waals surface area contributed by atoms with E-state index >= 15 is 8.78 Å². The predicted molar refractivity (Wildman–Crippen MR) is 200 cm³/mol. The lowest BCUT2D eigenvalue weighted by Crippen LogP contribution is -2.57. The van der Waals surface area contributed by atoms with Crippen LogP contribution in [0.3, 0.4) is 0 Å². The molecule has 1 aliphatic carbocycles. The van der Waals surface area contributed by atoms with Gasteiger partial charge in [0.25, 0.3) is 0 Å². The number of anilines is 1. The van der Waals surface area contributed by atoms with Crippen molar-refractivity contribution in [2.24, 2.45) is 5.41 Å². The molecule has 1 saturated carbocycles. The monoisotopic (exact) mass is 738 g/mol. The van der Waals surface area contributed by atoms with Crippen molar-refractivity contribution in [1.29, 1.82) is 0 Å². The van der Waals surface area contributed by atoms with E-state index in [1.807, 2.05) is 25.7 Å². The second-order valence-corrected chi connectivity index (χ2v) is 15.8. The number of ether oxygens (including phenoxy) is 4. The Morgan fingerprint density at radius 3 is 2.46 bits per heavy atom. The number of rotatable bonds is 10. The first-order valence-electron chi connectivity index (χ1n) is 18.4. The minimum Gasteiger partial charge on any atom is -0.468 e.